The van der Waals surface area contributed by atoms with Crippen molar-refractivity contribution in [3.05, 3.63) is 24.3 Å². The van der Waals surface area contributed by atoms with Gasteiger partial charge >= 0.3 is 0 Å². The fraction of sp³-hybridized carbons (Fsp3) is 0.500. The molecule has 0 saturated heterocycles. The summed E-state index contributed by atoms with van der Waals surface area (Å²) in [5.74, 6) is -0.464. The number of hydrogen-bond acceptors (Lipinski definition) is 3. The second-order valence-corrected chi connectivity index (χ2v) is 3.19. The molecule has 4 heteroatoms. The van der Waals surface area contributed by atoms with E-state index in [0.717, 1.165) is 12.1 Å². The maximum atomic E-state index is 12.7. The maximum absolute atomic E-state index is 12.7. The summed E-state index contributed by atoms with van der Waals surface area (Å²) in [5, 5.41) is 3.16. The summed E-state index contributed by atoms with van der Waals surface area (Å²) in [6, 6.07) is 3.38. The Morgan fingerprint density at radius 1 is 1.64 bits per heavy atom. The van der Waals surface area contributed by atoms with Gasteiger partial charge in [0.05, 0.1) is 0 Å². The Labute approximate surface area is 83.3 Å². The minimum absolute atomic E-state index is 0.261. The molecule has 0 saturated carbocycles. The van der Waals surface area contributed by atoms with Gasteiger partial charge in [-0.1, -0.05) is 0 Å². The molecule has 0 aromatic carbocycles. The fourth-order valence-electron chi connectivity index (χ4n) is 1.14. The topological polar surface area (TPSA) is 34.1 Å². The molecule has 0 spiro atoms. The van der Waals surface area contributed by atoms with E-state index in [0.29, 0.717) is 6.61 Å². The highest BCUT2D eigenvalue weighted by molar-refractivity contribution is 5.41. The summed E-state index contributed by atoms with van der Waals surface area (Å²) in [4.78, 5) is 3.48. The number of nitrogens with zero attached hydrogens (tertiary/aromatic N) is 1. The van der Waals surface area contributed by atoms with Crippen LogP contribution in [0.15, 0.2) is 18.3 Å². The van der Waals surface area contributed by atoms with Gasteiger partial charge < -0.3 is 10.1 Å². The van der Waals surface area contributed by atoms with Crippen LogP contribution in [0.5, 0.6) is 0 Å². The van der Waals surface area contributed by atoms with Gasteiger partial charge in [-0.05, 0) is 19.4 Å². The lowest BCUT2D eigenvalue weighted by atomic mass is 10.2. The van der Waals surface area contributed by atoms with Gasteiger partial charge in [-0.3, -0.25) is 0 Å². The first-order valence-electron chi connectivity index (χ1n) is 4.59. The van der Waals surface area contributed by atoms with E-state index < -0.39 is 5.95 Å². The molecule has 1 heterocycles. The van der Waals surface area contributed by atoms with E-state index in [1.807, 2.05) is 6.92 Å². The normalized spacial score (nSPS) is 12.5. The van der Waals surface area contributed by atoms with E-state index in [1.165, 1.54) is 12.3 Å². The summed E-state index contributed by atoms with van der Waals surface area (Å²) in [5.41, 5.74) is 0.751. The van der Waals surface area contributed by atoms with E-state index in [1.54, 1.807) is 13.2 Å². The predicted molar refractivity (Wildman–Crippen MR) is 53.8 cm³/mol. The van der Waals surface area contributed by atoms with Crippen molar-refractivity contribution < 1.29 is 9.13 Å². The minimum atomic E-state index is -0.464. The highest BCUT2D eigenvalue weighted by Gasteiger charge is 2.02. The Kier molecular flexibility index (Phi) is 4.32. The van der Waals surface area contributed by atoms with Gasteiger partial charge in [-0.15, -0.1) is 0 Å². The van der Waals surface area contributed by atoms with Gasteiger partial charge in [-0.25, -0.2) is 4.98 Å². The first-order valence-corrected chi connectivity index (χ1v) is 4.59. The third kappa shape index (κ3) is 3.70. The van der Waals surface area contributed by atoms with Crippen LogP contribution >= 0.6 is 0 Å². The van der Waals surface area contributed by atoms with Crippen molar-refractivity contribution in [1.29, 1.82) is 0 Å². The number of anilines is 1. The molecule has 1 unspecified atom stereocenters. The Morgan fingerprint density at radius 2 is 2.43 bits per heavy atom. The average molecular weight is 198 g/mol. The number of methoxy groups -OCH3 is 1. The minimum Gasteiger partial charge on any atom is -0.385 e. The summed E-state index contributed by atoms with van der Waals surface area (Å²) < 4.78 is 17.6. The van der Waals surface area contributed by atoms with Gasteiger partial charge in [0.2, 0.25) is 5.95 Å². The highest BCUT2D eigenvalue weighted by atomic mass is 19.1. The lowest BCUT2D eigenvalue weighted by Gasteiger charge is -2.14. The zero-order valence-electron chi connectivity index (χ0n) is 8.46. The number of aromatic nitrogens is 1. The largest absolute Gasteiger partial charge is 0.385 e. The molecule has 14 heavy (non-hydrogen) atoms. The second kappa shape index (κ2) is 5.54. The van der Waals surface area contributed by atoms with Gasteiger partial charge in [-0.2, -0.15) is 4.39 Å². The molecule has 0 aliphatic heterocycles. The molecule has 1 atom stereocenters. The molecule has 0 radical (unpaired) electrons. The predicted octanol–water partition coefficient (Wildman–Crippen LogP) is 2.06. The van der Waals surface area contributed by atoms with E-state index in [2.05, 4.69) is 10.3 Å². The Bertz CT molecular complexity index is 281. The smallest absolute Gasteiger partial charge is 0.214 e. The van der Waals surface area contributed by atoms with E-state index in [-0.39, 0.29) is 6.04 Å². The first-order chi connectivity index (χ1) is 6.72. The van der Waals surface area contributed by atoms with Crippen LogP contribution in [0, 0.1) is 5.95 Å². The van der Waals surface area contributed by atoms with E-state index >= 15 is 0 Å². The fourth-order valence-corrected chi connectivity index (χ4v) is 1.14. The molecule has 3 nitrogen and oxygen atoms in total. The highest BCUT2D eigenvalue weighted by Crippen LogP contribution is 2.09. The molecule has 1 rings (SSSR count). The van der Waals surface area contributed by atoms with Crippen LogP contribution in [0.2, 0.25) is 0 Å². The zero-order chi connectivity index (χ0) is 10.4. The molecule has 1 aromatic rings. The molecule has 1 aromatic heterocycles. The Balaban J connectivity index is 2.43. The van der Waals surface area contributed by atoms with Crippen LogP contribution in [0.1, 0.15) is 13.3 Å². The number of hydrogen-bond donors (Lipinski definition) is 1. The van der Waals surface area contributed by atoms with Crippen LogP contribution in [0.25, 0.3) is 0 Å². The van der Waals surface area contributed by atoms with Gasteiger partial charge in [0, 0.05) is 37.7 Å². The summed E-state index contributed by atoms with van der Waals surface area (Å²) in [6.07, 6.45) is 2.33. The molecular weight excluding hydrogens is 183 g/mol. The molecular formula is C10H15FN2O. The van der Waals surface area contributed by atoms with Gasteiger partial charge in [0.15, 0.2) is 0 Å². The Morgan fingerprint density at radius 3 is 3.07 bits per heavy atom. The number of halogens is 1. The number of ether oxygens (including phenoxy) is 1. The van der Waals surface area contributed by atoms with Crippen molar-refractivity contribution >= 4 is 5.69 Å². The molecule has 0 fully saturated rings. The van der Waals surface area contributed by atoms with Crippen molar-refractivity contribution in [3.63, 3.8) is 0 Å². The monoisotopic (exact) mass is 198 g/mol. The molecule has 0 amide bonds. The standard InChI is InChI=1S/C10H15FN2O/c1-8(4-6-14-2)13-9-3-5-12-10(11)7-9/h3,5,7-8H,4,6H2,1-2H3,(H,12,13). The molecule has 1 N–H and O–H groups in total. The first kappa shape index (κ1) is 10.9. The Hall–Kier alpha value is -1.16. The molecule has 0 bridgehead atoms. The summed E-state index contributed by atoms with van der Waals surface area (Å²) in [7, 11) is 1.67. The third-order valence-electron chi connectivity index (χ3n) is 1.89. The second-order valence-electron chi connectivity index (χ2n) is 3.19. The van der Waals surface area contributed by atoms with E-state index in [9.17, 15) is 4.39 Å². The summed E-state index contributed by atoms with van der Waals surface area (Å²) >= 11 is 0. The van der Waals surface area contributed by atoms with Crippen LogP contribution in [0.4, 0.5) is 10.1 Å². The van der Waals surface area contributed by atoms with Crippen molar-refractivity contribution in [1.82, 2.24) is 4.98 Å². The molecule has 78 valence electrons. The van der Waals surface area contributed by atoms with Crippen molar-refractivity contribution in [2.75, 3.05) is 19.0 Å². The van der Waals surface area contributed by atoms with Crippen LogP contribution in [0.3, 0.4) is 0 Å². The van der Waals surface area contributed by atoms with Crippen LogP contribution in [-0.4, -0.2) is 24.7 Å². The molecule has 0 aliphatic carbocycles. The van der Waals surface area contributed by atoms with E-state index in [4.69, 9.17) is 4.74 Å². The zero-order valence-corrected chi connectivity index (χ0v) is 8.46. The number of rotatable bonds is 5. The molecule has 0 aliphatic rings. The summed E-state index contributed by atoms with van der Waals surface area (Å²) in [6.45, 7) is 2.72. The number of pyridine rings is 1. The lowest BCUT2D eigenvalue weighted by molar-refractivity contribution is 0.191. The van der Waals surface area contributed by atoms with Crippen molar-refractivity contribution in [3.8, 4) is 0 Å². The average Bonchev–Trinajstić information content (AvgIpc) is 2.15. The van der Waals surface area contributed by atoms with Crippen molar-refractivity contribution in [2.24, 2.45) is 0 Å². The third-order valence-corrected chi connectivity index (χ3v) is 1.89. The SMILES string of the molecule is COCCC(C)Nc1ccnc(F)c1. The maximum Gasteiger partial charge on any atom is 0.214 e. The number of nitrogens with one attached hydrogen (secondary N) is 1. The van der Waals surface area contributed by atoms with Gasteiger partial charge in [0.25, 0.3) is 0 Å². The van der Waals surface area contributed by atoms with Crippen LogP contribution in [-0.2, 0) is 4.74 Å². The quantitative estimate of drug-likeness (QED) is 0.735. The lowest BCUT2D eigenvalue weighted by Crippen LogP contribution is -2.17. The van der Waals surface area contributed by atoms with Crippen LogP contribution < -0.4 is 5.32 Å². The van der Waals surface area contributed by atoms with Gasteiger partial charge in [0.1, 0.15) is 0 Å². The van der Waals surface area contributed by atoms with Crippen molar-refractivity contribution in [2.45, 2.75) is 19.4 Å².